The Morgan fingerprint density at radius 3 is 2.55 bits per heavy atom. The number of rotatable bonds is 8. The van der Waals surface area contributed by atoms with Crippen molar-refractivity contribution in [1.82, 2.24) is 14.8 Å². The molecule has 0 radical (unpaired) electrons. The fourth-order valence-corrected chi connectivity index (χ4v) is 4.95. The normalized spacial score (nSPS) is 17.6. The quantitative estimate of drug-likeness (QED) is 0.544. The van der Waals surface area contributed by atoms with Gasteiger partial charge in [-0.2, -0.15) is 0 Å². The Morgan fingerprint density at radius 2 is 1.85 bits per heavy atom. The smallest absolute Gasteiger partial charge is 0.267 e. The maximum absolute atomic E-state index is 13.3. The number of piperidine rings is 1. The van der Waals surface area contributed by atoms with Crippen LogP contribution in [0.3, 0.4) is 0 Å². The van der Waals surface area contributed by atoms with Gasteiger partial charge in [0.2, 0.25) is 0 Å². The van der Waals surface area contributed by atoms with Gasteiger partial charge in [-0.1, -0.05) is 24.0 Å². The molecule has 9 heteroatoms. The van der Waals surface area contributed by atoms with Crippen LogP contribution in [0.2, 0.25) is 0 Å². The van der Waals surface area contributed by atoms with Gasteiger partial charge in [0.05, 0.1) is 6.20 Å². The van der Waals surface area contributed by atoms with Gasteiger partial charge in [-0.3, -0.25) is 9.69 Å². The monoisotopic (exact) mass is 473 g/mol. The zero-order chi connectivity index (χ0) is 23.2. The minimum Gasteiger partial charge on any atom is -0.372 e. The van der Waals surface area contributed by atoms with E-state index in [-0.39, 0.29) is 11.7 Å². The average molecular weight is 474 g/mol. The molecule has 2 aliphatic rings. The number of hydrogen-bond donors (Lipinski definition) is 2. The molecular formula is C24H29F2N5OS. The Bertz CT molecular complexity index is 990. The summed E-state index contributed by atoms with van der Waals surface area (Å²) in [5, 5.41) is 6.57. The van der Waals surface area contributed by atoms with Gasteiger partial charge in [0, 0.05) is 43.1 Å². The molecule has 2 fully saturated rings. The van der Waals surface area contributed by atoms with E-state index in [1.807, 2.05) is 0 Å². The maximum Gasteiger partial charge on any atom is 0.267 e. The van der Waals surface area contributed by atoms with Crippen molar-refractivity contribution in [1.29, 1.82) is 0 Å². The number of nitrogens with zero attached hydrogens (tertiary/aromatic N) is 3. The summed E-state index contributed by atoms with van der Waals surface area (Å²) in [6, 6.07) is 3.17. The van der Waals surface area contributed by atoms with Gasteiger partial charge >= 0.3 is 0 Å². The molecule has 4 rings (SSSR count). The molecule has 3 heterocycles. The van der Waals surface area contributed by atoms with Crippen molar-refractivity contribution in [2.45, 2.75) is 31.7 Å². The van der Waals surface area contributed by atoms with Crippen LogP contribution in [-0.4, -0.2) is 59.5 Å². The molecule has 0 unspecified atom stereocenters. The van der Waals surface area contributed by atoms with Gasteiger partial charge in [0.25, 0.3) is 5.91 Å². The summed E-state index contributed by atoms with van der Waals surface area (Å²) in [4.78, 5) is 21.8. The molecule has 0 atom stereocenters. The Hall–Kier alpha value is -2.78. The number of benzene rings is 1. The van der Waals surface area contributed by atoms with Crippen molar-refractivity contribution in [2.75, 3.05) is 43.4 Å². The number of halogens is 2. The summed E-state index contributed by atoms with van der Waals surface area (Å²) in [6.07, 6.45) is 10.3. The lowest BCUT2D eigenvalue weighted by molar-refractivity contribution is 0.103. The number of anilines is 2. The second-order valence-electron chi connectivity index (χ2n) is 8.45. The minimum absolute atomic E-state index is 0.0717. The summed E-state index contributed by atoms with van der Waals surface area (Å²) in [6.45, 7) is 9.42. The average Bonchev–Trinajstić information content (AvgIpc) is 3.46. The fraction of sp³-hybridized carbons (Fsp3) is 0.417. The van der Waals surface area contributed by atoms with E-state index in [1.165, 1.54) is 43.5 Å². The highest BCUT2D eigenvalue weighted by atomic mass is 32.1. The maximum atomic E-state index is 13.3. The van der Waals surface area contributed by atoms with Gasteiger partial charge in [-0.05, 0) is 57.0 Å². The highest BCUT2D eigenvalue weighted by Gasteiger charge is 2.21. The minimum atomic E-state index is -0.743. The van der Waals surface area contributed by atoms with E-state index in [4.69, 9.17) is 0 Å². The molecule has 0 saturated carbocycles. The number of carbonyl (C=O) groups is 1. The Balaban J connectivity index is 1.22. The van der Waals surface area contributed by atoms with E-state index in [2.05, 4.69) is 44.1 Å². The molecular weight excluding hydrogens is 444 g/mol. The number of allylic oxidation sites excluding steroid dienone is 1. The van der Waals surface area contributed by atoms with Crippen molar-refractivity contribution in [3.8, 4) is 0 Å². The molecule has 1 aromatic heterocycles. The Kier molecular flexibility index (Phi) is 7.72. The second-order valence-corrected chi connectivity index (χ2v) is 9.48. The van der Waals surface area contributed by atoms with Crippen molar-refractivity contribution < 1.29 is 13.6 Å². The summed E-state index contributed by atoms with van der Waals surface area (Å²) >= 11 is 1.22. The number of thiazole rings is 1. The summed E-state index contributed by atoms with van der Waals surface area (Å²) < 4.78 is 26.6. The van der Waals surface area contributed by atoms with Crippen LogP contribution in [0.5, 0.6) is 0 Å². The first-order chi connectivity index (χ1) is 16.0. The summed E-state index contributed by atoms with van der Waals surface area (Å²) in [5.41, 5.74) is 1.12. The van der Waals surface area contributed by atoms with Gasteiger partial charge in [0.1, 0.15) is 16.5 Å². The molecule has 0 bridgehead atoms. The van der Waals surface area contributed by atoms with Gasteiger partial charge in [-0.15, -0.1) is 0 Å². The molecule has 2 N–H and O–H groups in total. The first kappa shape index (κ1) is 23.4. The predicted octanol–water partition coefficient (Wildman–Crippen LogP) is 4.72. The van der Waals surface area contributed by atoms with Crippen LogP contribution in [0.4, 0.5) is 19.6 Å². The van der Waals surface area contributed by atoms with Crippen LogP contribution in [-0.2, 0) is 0 Å². The lowest BCUT2D eigenvalue weighted by Crippen LogP contribution is -2.38. The molecule has 1 amide bonds. The number of aromatic nitrogens is 1. The Labute approximate surface area is 197 Å². The molecule has 2 saturated heterocycles. The van der Waals surface area contributed by atoms with Crippen LogP contribution in [0.15, 0.2) is 48.8 Å². The van der Waals surface area contributed by atoms with Crippen molar-refractivity contribution in [3.63, 3.8) is 0 Å². The third-order valence-corrected chi connectivity index (χ3v) is 6.88. The van der Waals surface area contributed by atoms with Gasteiger partial charge in [0.15, 0.2) is 5.13 Å². The molecule has 2 aliphatic heterocycles. The third-order valence-electron chi connectivity index (χ3n) is 5.95. The van der Waals surface area contributed by atoms with Crippen molar-refractivity contribution in [3.05, 3.63) is 65.3 Å². The summed E-state index contributed by atoms with van der Waals surface area (Å²) in [7, 11) is 0. The van der Waals surface area contributed by atoms with Crippen LogP contribution in [0.25, 0.3) is 0 Å². The van der Waals surface area contributed by atoms with Gasteiger partial charge < -0.3 is 15.5 Å². The van der Waals surface area contributed by atoms with Crippen LogP contribution in [0, 0.1) is 11.6 Å². The number of carbonyl (C=O) groups excluding carboxylic acids is 1. The largest absolute Gasteiger partial charge is 0.372 e. The lowest BCUT2D eigenvalue weighted by Gasteiger charge is -2.34. The third kappa shape index (κ3) is 6.61. The molecule has 0 spiro atoms. The van der Waals surface area contributed by atoms with E-state index in [9.17, 15) is 13.6 Å². The number of likely N-dealkylation sites (tertiary alicyclic amines) is 2. The van der Waals surface area contributed by atoms with Crippen LogP contribution in [0.1, 0.15) is 35.4 Å². The molecule has 6 nitrogen and oxygen atoms in total. The molecule has 1 aromatic carbocycles. The van der Waals surface area contributed by atoms with E-state index in [1.54, 1.807) is 0 Å². The topological polar surface area (TPSA) is 60.5 Å². The second kappa shape index (κ2) is 10.9. The number of amides is 1. The predicted molar refractivity (Wildman–Crippen MR) is 129 cm³/mol. The molecule has 33 heavy (non-hydrogen) atoms. The SMILES string of the molecule is C=C(/C=C/CN1CCCC1)N1CCC(Nc2ncc(C(=O)Nc3cc(F)cc(F)c3)s2)CC1. The number of nitrogens with one attached hydrogen (secondary N) is 2. The fourth-order valence-electron chi connectivity index (χ4n) is 4.16. The standard InChI is InChI=1S/C24H29F2N5OS/c1-17(5-4-10-30-8-2-3-9-30)31-11-6-20(7-12-31)29-24-27-16-22(33-24)23(32)28-21-14-18(25)13-19(26)15-21/h4-5,13-16,20H,1-3,6-12H2,(H,27,29)(H,28,32)/b5-4+. The zero-order valence-electron chi connectivity index (χ0n) is 18.5. The highest BCUT2D eigenvalue weighted by Crippen LogP contribution is 2.24. The summed E-state index contributed by atoms with van der Waals surface area (Å²) in [5.74, 6) is -1.93. The van der Waals surface area contributed by atoms with E-state index in [0.29, 0.717) is 10.0 Å². The van der Waals surface area contributed by atoms with Crippen molar-refractivity contribution >= 4 is 28.1 Å². The highest BCUT2D eigenvalue weighted by molar-refractivity contribution is 7.17. The Morgan fingerprint density at radius 1 is 1.15 bits per heavy atom. The molecule has 176 valence electrons. The lowest BCUT2D eigenvalue weighted by atomic mass is 10.0. The first-order valence-electron chi connectivity index (χ1n) is 11.3. The zero-order valence-corrected chi connectivity index (χ0v) is 19.3. The van der Waals surface area contributed by atoms with Crippen LogP contribution < -0.4 is 10.6 Å². The van der Waals surface area contributed by atoms with Crippen LogP contribution >= 0.6 is 11.3 Å². The van der Waals surface area contributed by atoms with E-state index in [0.717, 1.165) is 56.4 Å². The first-order valence-corrected chi connectivity index (χ1v) is 12.1. The molecule has 0 aliphatic carbocycles. The number of hydrogen-bond acceptors (Lipinski definition) is 6. The molecule has 2 aromatic rings. The van der Waals surface area contributed by atoms with E-state index >= 15 is 0 Å². The van der Waals surface area contributed by atoms with E-state index < -0.39 is 17.5 Å². The van der Waals surface area contributed by atoms with Gasteiger partial charge in [-0.25, -0.2) is 13.8 Å². The van der Waals surface area contributed by atoms with Crippen molar-refractivity contribution in [2.24, 2.45) is 0 Å².